The molecule has 1 unspecified atom stereocenters. The molecule has 0 spiro atoms. The molecule has 1 nitrogen and oxygen atoms in total. The molecule has 0 aliphatic carbocycles. The summed E-state index contributed by atoms with van der Waals surface area (Å²) < 4.78 is 13.6. The molecule has 0 radical (unpaired) electrons. The van der Waals surface area contributed by atoms with Gasteiger partial charge in [-0.15, -0.1) is 0 Å². The first kappa shape index (κ1) is 11.5. The smallest absolute Gasteiger partial charge is 0.124 e. The van der Waals surface area contributed by atoms with Crippen LogP contribution in [0.4, 0.5) is 4.39 Å². The summed E-state index contributed by atoms with van der Waals surface area (Å²) in [7, 11) is 0. The second-order valence-corrected chi connectivity index (χ2v) is 4.30. The normalized spacial score (nSPS) is 15.2. The highest BCUT2D eigenvalue weighted by Gasteiger charge is 2.22. The Bertz CT molecular complexity index is 323. The Morgan fingerprint density at radius 1 is 1.50 bits per heavy atom. The van der Waals surface area contributed by atoms with E-state index in [0.29, 0.717) is 5.02 Å². The lowest BCUT2D eigenvalue weighted by atomic mass is 9.98. The predicted octanol–water partition coefficient (Wildman–Crippen LogP) is 2.88. The van der Waals surface area contributed by atoms with E-state index >= 15 is 0 Å². The highest BCUT2D eigenvalue weighted by molar-refractivity contribution is 6.31. The maximum absolute atomic E-state index is 13.6. The lowest BCUT2D eigenvalue weighted by Crippen LogP contribution is -2.31. The molecule has 1 rings (SSSR count). The molecular formula is C11H15ClFN. The van der Waals surface area contributed by atoms with Gasteiger partial charge in [-0.2, -0.15) is 0 Å². The van der Waals surface area contributed by atoms with E-state index in [1.165, 1.54) is 6.92 Å². The predicted molar refractivity (Wildman–Crippen MR) is 58.5 cm³/mol. The van der Waals surface area contributed by atoms with Crippen LogP contribution in [-0.2, 0) is 6.42 Å². The number of rotatable bonds is 3. The summed E-state index contributed by atoms with van der Waals surface area (Å²) >= 11 is 5.99. The van der Waals surface area contributed by atoms with E-state index in [0.717, 1.165) is 11.1 Å². The maximum atomic E-state index is 13.6. The van der Waals surface area contributed by atoms with Gasteiger partial charge in [-0.1, -0.05) is 23.7 Å². The Morgan fingerprint density at radius 3 is 2.64 bits per heavy atom. The SMILES string of the molecule is Cc1ccc(CC(C)(F)CN)c(Cl)c1. The third-order valence-electron chi connectivity index (χ3n) is 2.19. The minimum atomic E-state index is -1.38. The Labute approximate surface area is 89.1 Å². The Hall–Kier alpha value is -0.600. The zero-order valence-electron chi connectivity index (χ0n) is 8.48. The van der Waals surface area contributed by atoms with E-state index in [9.17, 15) is 4.39 Å². The first-order valence-electron chi connectivity index (χ1n) is 4.58. The minimum absolute atomic E-state index is 0.0111. The molecule has 1 aromatic carbocycles. The van der Waals surface area contributed by atoms with Gasteiger partial charge in [-0.25, -0.2) is 4.39 Å². The van der Waals surface area contributed by atoms with Gasteiger partial charge in [-0.3, -0.25) is 0 Å². The van der Waals surface area contributed by atoms with Crippen molar-refractivity contribution in [3.63, 3.8) is 0 Å². The van der Waals surface area contributed by atoms with Gasteiger partial charge >= 0.3 is 0 Å². The van der Waals surface area contributed by atoms with Crippen LogP contribution < -0.4 is 5.73 Å². The van der Waals surface area contributed by atoms with Crippen LogP contribution in [0.5, 0.6) is 0 Å². The molecule has 14 heavy (non-hydrogen) atoms. The first-order valence-corrected chi connectivity index (χ1v) is 4.96. The lowest BCUT2D eigenvalue weighted by molar-refractivity contribution is 0.200. The molecule has 0 bridgehead atoms. The van der Waals surface area contributed by atoms with Crippen molar-refractivity contribution in [2.75, 3.05) is 6.54 Å². The standard InChI is InChI=1S/C11H15ClFN/c1-8-3-4-9(10(12)5-8)6-11(2,13)7-14/h3-5H,6-7,14H2,1-2H3. The number of benzene rings is 1. The van der Waals surface area contributed by atoms with Crippen molar-refractivity contribution in [3.8, 4) is 0 Å². The molecule has 0 saturated heterocycles. The molecule has 2 N–H and O–H groups in total. The Morgan fingerprint density at radius 2 is 2.14 bits per heavy atom. The molecule has 0 aliphatic heterocycles. The van der Waals surface area contributed by atoms with Crippen LogP contribution in [0.25, 0.3) is 0 Å². The van der Waals surface area contributed by atoms with Gasteiger partial charge in [0.2, 0.25) is 0 Å². The second kappa shape index (κ2) is 4.28. The quantitative estimate of drug-likeness (QED) is 0.825. The molecule has 0 amide bonds. The fourth-order valence-electron chi connectivity index (χ4n) is 1.26. The van der Waals surface area contributed by atoms with E-state index < -0.39 is 5.67 Å². The number of halogens is 2. The van der Waals surface area contributed by atoms with Gasteiger partial charge in [0, 0.05) is 18.0 Å². The molecule has 0 aromatic heterocycles. The summed E-state index contributed by atoms with van der Waals surface area (Å²) in [5, 5.41) is 0.613. The van der Waals surface area contributed by atoms with Crippen molar-refractivity contribution in [3.05, 3.63) is 34.3 Å². The zero-order valence-corrected chi connectivity index (χ0v) is 9.24. The lowest BCUT2D eigenvalue weighted by Gasteiger charge is -2.18. The molecule has 1 aromatic rings. The highest BCUT2D eigenvalue weighted by Crippen LogP contribution is 2.23. The van der Waals surface area contributed by atoms with Crippen LogP contribution >= 0.6 is 11.6 Å². The third kappa shape index (κ3) is 2.96. The van der Waals surface area contributed by atoms with E-state index in [1.807, 2.05) is 25.1 Å². The van der Waals surface area contributed by atoms with Gasteiger partial charge in [0.15, 0.2) is 0 Å². The first-order chi connectivity index (χ1) is 6.44. The monoisotopic (exact) mass is 215 g/mol. The molecule has 0 aliphatic rings. The Balaban J connectivity index is 2.87. The summed E-state index contributed by atoms with van der Waals surface area (Å²) in [5.74, 6) is 0. The summed E-state index contributed by atoms with van der Waals surface area (Å²) in [6, 6.07) is 5.61. The van der Waals surface area contributed by atoms with E-state index in [-0.39, 0.29) is 13.0 Å². The zero-order chi connectivity index (χ0) is 10.8. The maximum Gasteiger partial charge on any atom is 0.124 e. The van der Waals surface area contributed by atoms with Crippen LogP contribution in [0.3, 0.4) is 0 Å². The largest absolute Gasteiger partial charge is 0.328 e. The van der Waals surface area contributed by atoms with Crippen molar-refractivity contribution in [2.24, 2.45) is 5.73 Å². The summed E-state index contributed by atoms with van der Waals surface area (Å²) in [5.41, 5.74) is 5.83. The van der Waals surface area contributed by atoms with Crippen LogP contribution in [0.2, 0.25) is 5.02 Å². The summed E-state index contributed by atoms with van der Waals surface area (Å²) in [6.07, 6.45) is 0.266. The number of hydrogen-bond acceptors (Lipinski definition) is 1. The molecule has 0 heterocycles. The fraction of sp³-hybridized carbons (Fsp3) is 0.455. The van der Waals surface area contributed by atoms with E-state index in [4.69, 9.17) is 17.3 Å². The van der Waals surface area contributed by atoms with Crippen molar-refractivity contribution in [1.29, 1.82) is 0 Å². The van der Waals surface area contributed by atoms with Crippen LogP contribution in [0, 0.1) is 6.92 Å². The third-order valence-corrected chi connectivity index (χ3v) is 2.55. The summed E-state index contributed by atoms with van der Waals surface area (Å²) in [6.45, 7) is 3.45. The molecule has 78 valence electrons. The molecule has 3 heteroatoms. The van der Waals surface area contributed by atoms with Crippen LogP contribution in [-0.4, -0.2) is 12.2 Å². The fourth-order valence-corrected chi connectivity index (χ4v) is 1.57. The number of nitrogens with two attached hydrogens (primary N) is 1. The average molecular weight is 216 g/mol. The van der Waals surface area contributed by atoms with Crippen molar-refractivity contribution >= 4 is 11.6 Å². The average Bonchev–Trinajstić information content (AvgIpc) is 2.10. The van der Waals surface area contributed by atoms with Crippen molar-refractivity contribution in [2.45, 2.75) is 25.9 Å². The molecule has 0 fully saturated rings. The van der Waals surface area contributed by atoms with Gasteiger partial charge in [0.1, 0.15) is 5.67 Å². The number of aryl methyl sites for hydroxylation is 1. The topological polar surface area (TPSA) is 26.0 Å². The molecule has 0 saturated carbocycles. The Kier molecular flexibility index (Phi) is 3.51. The van der Waals surface area contributed by atoms with E-state index in [1.54, 1.807) is 0 Å². The van der Waals surface area contributed by atoms with Crippen molar-refractivity contribution in [1.82, 2.24) is 0 Å². The van der Waals surface area contributed by atoms with E-state index in [2.05, 4.69) is 0 Å². The number of alkyl halides is 1. The van der Waals surface area contributed by atoms with Gasteiger partial charge in [-0.05, 0) is 31.0 Å². The van der Waals surface area contributed by atoms with Gasteiger partial charge in [0.25, 0.3) is 0 Å². The summed E-state index contributed by atoms with van der Waals surface area (Å²) in [4.78, 5) is 0. The van der Waals surface area contributed by atoms with Gasteiger partial charge < -0.3 is 5.73 Å². The van der Waals surface area contributed by atoms with Gasteiger partial charge in [0.05, 0.1) is 0 Å². The highest BCUT2D eigenvalue weighted by atomic mass is 35.5. The second-order valence-electron chi connectivity index (χ2n) is 3.89. The number of hydrogen-bond donors (Lipinski definition) is 1. The minimum Gasteiger partial charge on any atom is -0.328 e. The van der Waals surface area contributed by atoms with Crippen LogP contribution in [0.15, 0.2) is 18.2 Å². The molecular weight excluding hydrogens is 201 g/mol. The molecule has 1 atom stereocenters. The van der Waals surface area contributed by atoms with Crippen LogP contribution in [0.1, 0.15) is 18.1 Å². The van der Waals surface area contributed by atoms with Crippen molar-refractivity contribution < 1.29 is 4.39 Å².